The van der Waals surface area contributed by atoms with Crippen molar-refractivity contribution in [2.24, 2.45) is 0 Å². The van der Waals surface area contributed by atoms with Crippen molar-refractivity contribution in [2.45, 2.75) is 502 Å². The Labute approximate surface area is 658 Å². The van der Waals surface area contributed by atoms with E-state index in [4.69, 9.17) is 37.0 Å². The van der Waals surface area contributed by atoms with Gasteiger partial charge >= 0.3 is 39.5 Å². The van der Waals surface area contributed by atoms with Gasteiger partial charge in [-0.2, -0.15) is 0 Å². The number of phosphoric ester groups is 2. The molecule has 636 valence electrons. The molecule has 17 nitrogen and oxygen atoms in total. The molecule has 107 heavy (non-hydrogen) atoms. The monoisotopic (exact) mass is 1560 g/mol. The number of unbranched alkanes of at least 4 members (excludes halogenated alkanes) is 63. The van der Waals surface area contributed by atoms with Crippen molar-refractivity contribution >= 4 is 39.5 Å². The van der Waals surface area contributed by atoms with Gasteiger partial charge in [0.15, 0.2) is 12.2 Å². The summed E-state index contributed by atoms with van der Waals surface area (Å²) in [7, 11) is -9.93. The van der Waals surface area contributed by atoms with Gasteiger partial charge in [-0.3, -0.25) is 37.3 Å². The van der Waals surface area contributed by atoms with Gasteiger partial charge in [-0.25, -0.2) is 9.13 Å². The van der Waals surface area contributed by atoms with Crippen LogP contribution in [0.15, 0.2) is 0 Å². The van der Waals surface area contributed by atoms with Gasteiger partial charge in [-0.15, -0.1) is 0 Å². The molecule has 0 saturated carbocycles. The molecule has 0 radical (unpaired) electrons. The van der Waals surface area contributed by atoms with Crippen LogP contribution in [0.4, 0.5) is 0 Å². The largest absolute Gasteiger partial charge is 0.472 e. The molecule has 0 aromatic rings. The van der Waals surface area contributed by atoms with E-state index >= 15 is 0 Å². The van der Waals surface area contributed by atoms with Crippen molar-refractivity contribution in [1.82, 2.24) is 0 Å². The van der Waals surface area contributed by atoms with Crippen LogP contribution in [0.2, 0.25) is 0 Å². The summed E-state index contributed by atoms with van der Waals surface area (Å²) < 4.78 is 69.0. The van der Waals surface area contributed by atoms with Crippen molar-refractivity contribution in [2.75, 3.05) is 39.6 Å². The highest BCUT2D eigenvalue weighted by Gasteiger charge is 2.30. The van der Waals surface area contributed by atoms with Crippen LogP contribution in [0.1, 0.15) is 484 Å². The molecule has 0 aliphatic rings. The number of aliphatic hydroxyl groups is 1. The summed E-state index contributed by atoms with van der Waals surface area (Å²) in [4.78, 5) is 73.4. The van der Waals surface area contributed by atoms with Crippen LogP contribution in [0.3, 0.4) is 0 Å². The minimum absolute atomic E-state index is 0.110. The molecule has 3 N–H and O–H groups in total. The van der Waals surface area contributed by atoms with E-state index < -0.39 is 97.5 Å². The maximum Gasteiger partial charge on any atom is 0.472 e. The first-order valence-electron chi connectivity index (χ1n) is 45.8. The van der Waals surface area contributed by atoms with Gasteiger partial charge < -0.3 is 33.8 Å². The Balaban J connectivity index is 5.26. The number of aliphatic hydroxyl groups excluding tert-OH is 1. The van der Waals surface area contributed by atoms with Crippen LogP contribution >= 0.6 is 15.6 Å². The maximum absolute atomic E-state index is 13.2. The number of rotatable bonds is 89. The lowest BCUT2D eigenvalue weighted by molar-refractivity contribution is -0.161. The van der Waals surface area contributed by atoms with Crippen molar-refractivity contribution in [1.29, 1.82) is 0 Å². The molecule has 0 aromatic heterocycles. The number of hydrogen-bond acceptors (Lipinski definition) is 15. The summed E-state index contributed by atoms with van der Waals surface area (Å²) in [6.45, 7) is 5.08. The molecular formula is C88H172O17P2. The normalized spacial score (nSPS) is 13.7. The predicted octanol–water partition coefficient (Wildman–Crippen LogP) is 27.3. The fourth-order valence-corrected chi connectivity index (χ4v) is 15.5. The average Bonchev–Trinajstić information content (AvgIpc) is 0.901. The summed E-state index contributed by atoms with van der Waals surface area (Å²) >= 11 is 0. The molecule has 0 fully saturated rings. The third-order valence-corrected chi connectivity index (χ3v) is 22.8. The van der Waals surface area contributed by atoms with E-state index in [9.17, 15) is 43.2 Å². The second-order valence-electron chi connectivity index (χ2n) is 31.6. The van der Waals surface area contributed by atoms with Crippen LogP contribution in [0.25, 0.3) is 0 Å². The van der Waals surface area contributed by atoms with E-state index in [0.29, 0.717) is 25.7 Å². The van der Waals surface area contributed by atoms with Gasteiger partial charge in [0.2, 0.25) is 0 Å². The number of phosphoric acid groups is 2. The second-order valence-corrected chi connectivity index (χ2v) is 34.5. The Morgan fingerprint density at radius 1 is 0.224 bits per heavy atom. The van der Waals surface area contributed by atoms with Crippen LogP contribution in [0.5, 0.6) is 0 Å². The Hall–Kier alpha value is -1.94. The topological polar surface area (TPSA) is 237 Å². The fourth-order valence-electron chi connectivity index (χ4n) is 13.9. The highest BCUT2D eigenvalue weighted by molar-refractivity contribution is 7.47. The lowest BCUT2D eigenvalue weighted by Crippen LogP contribution is -2.30. The summed E-state index contributed by atoms with van der Waals surface area (Å²) in [6.07, 6.45) is 77.7. The van der Waals surface area contributed by atoms with Crippen LogP contribution in [-0.2, 0) is 65.4 Å². The highest BCUT2D eigenvalue weighted by atomic mass is 31.2. The Bertz CT molecular complexity index is 2020. The predicted molar refractivity (Wildman–Crippen MR) is 442 cm³/mol. The summed E-state index contributed by atoms with van der Waals surface area (Å²) in [5.74, 6) is -2.09. The fraction of sp³-hybridized carbons (Fsp3) is 0.955. The van der Waals surface area contributed by atoms with Crippen molar-refractivity contribution in [3.63, 3.8) is 0 Å². The lowest BCUT2D eigenvalue weighted by Gasteiger charge is -2.21. The molecule has 0 spiro atoms. The first-order valence-corrected chi connectivity index (χ1v) is 48.8. The first kappa shape index (κ1) is 105. The van der Waals surface area contributed by atoms with Crippen molar-refractivity contribution in [3.8, 4) is 0 Å². The summed E-state index contributed by atoms with van der Waals surface area (Å²) in [6, 6.07) is 0. The zero-order chi connectivity index (χ0) is 78.1. The number of carbonyl (C=O) groups excluding carboxylic acids is 4. The molecule has 0 aliphatic heterocycles. The smallest absolute Gasteiger partial charge is 0.462 e. The molecule has 0 aliphatic carbocycles. The van der Waals surface area contributed by atoms with Crippen molar-refractivity contribution in [3.05, 3.63) is 0 Å². The van der Waals surface area contributed by atoms with Crippen LogP contribution in [0, 0.1) is 0 Å². The lowest BCUT2D eigenvalue weighted by atomic mass is 10.0. The average molecular weight is 1560 g/mol. The zero-order valence-electron chi connectivity index (χ0n) is 70.1. The van der Waals surface area contributed by atoms with Crippen LogP contribution < -0.4 is 0 Å². The highest BCUT2D eigenvalue weighted by Crippen LogP contribution is 2.45. The van der Waals surface area contributed by atoms with E-state index in [1.165, 1.54) is 315 Å². The number of carbonyl (C=O) groups is 4. The Morgan fingerprint density at radius 3 is 0.551 bits per heavy atom. The molecule has 0 heterocycles. The summed E-state index contributed by atoms with van der Waals surface area (Å²) in [5.41, 5.74) is 0. The van der Waals surface area contributed by atoms with Crippen molar-refractivity contribution < 1.29 is 80.2 Å². The number of hydrogen-bond donors (Lipinski definition) is 3. The molecule has 0 amide bonds. The van der Waals surface area contributed by atoms with E-state index in [1.54, 1.807) is 0 Å². The standard InChI is InChI=1S/C88H172O17P2/c1-5-9-13-17-21-25-29-33-36-39-42-45-49-53-57-61-65-69-73-86(91)99-79-84(105-88(93)75-71-67-63-59-55-51-47-44-41-38-35-31-27-23-19-15-11-7-3)81-103-107(96,97)101-77-82(89)76-100-106(94,95)102-80-83(78-98-85(90)72-68-64-60-56-52-48-32-28-24-20-16-12-8-4)104-87(92)74-70-66-62-58-54-50-46-43-40-37-34-30-26-22-18-14-10-6-2/h82-84,89H,5-81H2,1-4H3,(H,94,95)(H,96,97)/t82-,83+,84+/m0/s1. The molecule has 19 heteroatoms. The Morgan fingerprint density at radius 2 is 0.374 bits per heavy atom. The van der Waals surface area contributed by atoms with Gasteiger partial charge in [-0.1, -0.05) is 432 Å². The van der Waals surface area contributed by atoms with E-state index in [1.807, 2.05) is 0 Å². The van der Waals surface area contributed by atoms with E-state index in [2.05, 4.69) is 27.7 Å². The minimum Gasteiger partial charge on any atom is -0.462 e. The molecule has 5 atom stereocenters. The summed E-state index contributed by atoms with van der Waals surface area (Å²) in [5, 5.41) is 10.7. The molecule has 0 bridgehead atoms. The molecule has 2 unspecified atom stereocenters. The molecule has 0 saturated heterocycles. The van der Waals surface area contributed by atoms with Gasteiger partial charge in [0.05, 0.1) is 26.4 Å². The second kappa shape index (κ2) is 82.1. The van der Waals surface area contributed by atoms with Gasteiger partial charge in [0.1, 0.15) is 19.3 Å². The third-order valence-electron chi connectivity index (χ3n) is 20.9. The zero-order valence-corrected chi connectivity index (χ0v) is 71.9. The molecular weight excluding hydrogens is 1390 g/mol. The number of esters is 4. The van der Waals surface area contributed by atoms with E-state index in [-0.39, 0.29) is 25.7 Å². The van der Waals surface area contributed by atoms with E-state index in [0.717, 1.165) is 89.9 Å². The SMILES string of the molecule is CCCCCCCCCCCCCCCCCCCCC(=O)OC[C@H](COP(=O)(O)OC[C@@H](O)COP(=O)(O)OC[C@@H](COC(=O)CCCCCCCCCCCCCCC)OC(=O)CCCCCCCCCCCCCCCCCCCC)OC(=O)CCCCCCCCCCCCCCCCCCCC. The maximum atomic E-state index is 13.2. The molecule has 0 aromatic carbocycles. The van der Waals surface area contributed by atoms with Crippen LogP contribution in [-0.4, -0.2) is 96.7 Å². The van der Waals surface area contributed by atoms with Gasteiger partial charge in [0.25, 0.3) is 0 Å². The molecule has 0 rings (SSSR count). The minimum atomic E-state index is -4.97. The van der Waals surface area contributed by atoms with Gasteiger partial charge in [0, 0.05) is 25.7 Å². The Kier molecular flexibility index (Phi) is 80.6. The van der Waals surface area contributed by atoms with Gasteiger partial charge in [-0.05, 0) is 25.7 Å². The number of ether oxygens (including phenoxy) is 4. The quantitative estimate of drug-likeness (QED) is 0.0222. The third kappa shape index (κ3) is 81.9. The first-order chi connectivity index (χ1) is 52.2.